The highest BCUT2D eigenvalue weighted by molar-refractivity contribution is 7.89. The Balaban J connectivity index is 2.48. The predicted molar refractivity (Wildman–Crippen MR) is 81.1 cm³/mol. The molecule has 20 heavy (non-hydrogen) atoms. The van der Waals surface area contributed by atoms with Gasteiger partial charge in [0.25, 0.3) is 0 Å². The maximum Gasteiger partial charge on any atom is 0.240 e. The van der Waals surface area contributed by atoms with Crippen LogP contribution in [0, 0.1) is 12.8 Å². The molecule has 0 saturated carbocycles. The molecule has 0 saturated heterocycles. The number of nitrogens with two attached hydrogens (primary N) is 1. The first-order valence-electron chi connectivity index (χ1n) is 6.77. The molecule has 1 rings (SSSR count). The van der Waals surface area contributed by atoms with Crippen molar-refractivity contribution in [1.29, 1.82) is 0 Å². The summed E-state index contributed by atoms with van der Waals surface area (Å²) in [5.41, 5.74) is 6.79. The van der Waals surface area contributed by atoms with Crippen LogP contribution in [0.5, 0.6) is 0 Å². The molecule has 0 aliphatic rings. The highest BCUT2D eigenvalue weighted by Crippen LogP contribution is 2.19. The third-order valence-corrected chi connectivity index (χ3v) is 4.43. The molecule has 0 fully saturated rings. The van der Waals surface area contributed by atoms with E-state index in [9.17, 15) is 8.42 Å². The van der Waals surface area contributed by atoms with Crippen LogP contribution >= 0.6 is 0 Å². The number of hydrogen-bond donors (Lipinski definition) is 2. The number of benzene rings is 1. The maximum atomic E-state index is 12.1. The minimum Gasteiger partial charge on any atom is -0.398 e. The van der Waals surface area contributed by atoms with Gasteiger partial charge in [0, 0.05) is 25.4 Å². The van der Waals surface area contributed by atoms with Crippen molar-refractivity contribution in [3.05, 3.63) is 23.8 Å². The Labute approximate surface area is 121 Å². The predicted octanol–water partition coefficient (Wildman–Crippen LogP) is 1.92. The Morgan fingerprint density at radius 3 is 2.70 bits per heavy atom. The summed E-state index contributed by atoms with van der Waals surface area (Å²) in [6, 6.07) is 4.89. The molecule has 0 heterocycles. The van der Waals surface area contributed by atoms with Gasteiger partial charge in [0.2, 0.25) is 10.0 Å². The van der Waals surface area contributed by atoms with E-state index >= 15 is 0 Å². The fourth-order valence-electron chi connectivity index (χ4n) is 1.70. The molecule has 1 aromatic carbocycles. The zero-order chi connectivity index (χ0) is 15.2. The molecule has 0 aliphatic carbocycles. The first kappa shape index (κ1) is 16.9. The van der Waals surface area contributed by atoms with Crippen molar-refractivity contribution in [1.82, 2.24) is 4.72 Å². The monoisotopic (exact) mass is 300 g/mol. The van der Waals surface area contributed by atoms with E-state index < -0.39 is 10.0 Å². The Bertz CT molecular complexity index is 527. The van der Waals surface area contributed by atoms with Gasteiger partial charge in [-0.3, -0.25) is 0 Å². The van der Waals surface area contributed by atoms with Crippen LogP contribution in [0.1, 0.15) is 25.8 Å². The molecule has 0 spiro atoms. The first-order valence-corrected chi connectivity index (χ1v) is 8.25. The number of rotatable bonds is 8. The van der Waals surface area contributed by atoms with Crippen LogP contribution in [0.2, 0.25) is 0 Å². The fraction of sp³-hybridized carbons (Fsp3) is 0.571. The van der Waals surface area contributed by atoms with Gasteiger partial charge in [-0.15, -0.1) is 0 Å². The minimum atomic E-state index is -3.50. The second kappa shape index (κ2) is 7.61. The molecule has 0 aliphatic heterocycles. The lowest BCUT2D eigenvalue weighted by Gasteiger charge is -2.11. The summed E-state index contributed by atoms with van der Waals surface area (Å²) in [4.78, 5) is 0.237. The van der Waals surface area contributed by atoms with Crippen molar-refractivity contribution in [3.8, 4) is 0 Å². The maximum absolute atomic E-state index is 12.1. The smallest absolute Gasteiger partial charge is 0.240 e. The van der Waals surface area contributed by atoms with E-state index in [0.29, 0.717) is 43.3 Å². The second-order valence-electron chi connectivity index (χ2n) is 5.19. The summed E-state index contributed by atoms with van der Waals surface area (Å²) in [6.45, 7) is 7.46. The van der Waals surface area contributed by atoms with Gasteiger partial charge in [-0.25, -0.2) is 13.1 Å². The molecule has 0 amide bonds. The Morgan fingerprint density at radius 1 is 1.35 bits per heavy atom. The highest BCUT2D eigenvalue weighted by Gasteiger charge is 2.16. The molecule has 0 bridgehead atoms. The third kappa shape index (κ3) is 5.11. The van der Waals surface area contributed by atoms with Crippen molar-refractivity contribution in [3.63, 3.8) is 0 Å². The van der Waals surface area contributed by atoms with Crippen molar-refractivity contribution < 1.29 is 13.2 Å². The van der Waals surface area contributed by atoms with E-state index in [1.807, 2.05) is 0 Å². The van der Waals surface area contributed by atoms with Crippen LogP contribution < -0.4 is 10.5 Å². The lowest BCUT2D eigenvalue weighted by molar-refractivity contribution is 0.108. The number of ether oxygens (including phenoxy) is 1. The molecule has 1 aromatic rings. The Morgan fingerprint density at radius 2 is 2.05 bits per heavy atom. The Kier molecular flexibility index (Phi) is 6.45. The minimum absolute atomic E-state index is 0.237. The number of anilines is 1. The molecule has 0 aromatic heterocycles. The van der Waals surface area contributed by atoms with Gasteiger partial charge in [-0.1, -0.05) is 19.9 Å². The van der Waals surface area contributed by atoms with Crippen LogP contribution in [0.3, 0.4) is 0 Å². The largest absolute Gasteiger partial charge is 0.398 e. The van der Waals surface area contributed by atoms with Gasteiger partial charge < -0.3 is 10.5 Å². The summed E-state index contributed by atoms with van der Waals surface area (Å²) in [5.74, 6) is 0.488. The quantitative estimate of drug-likeness (QED) is 0.567. The van der Waals surface area contributed by atoms with E-state index in [2.05, 4.69) is 18.6 Å². The number of nitrogen functional groups attached to an aromatic ring is 1. The van der Waals surface area contributed by atoms with Crippen molar-refractivity contribution >= 4 is 15.7 Å². The molecular weight excluding hydrogens is 276 g/mol. The van der Waals surface area contributed by atoms with Gasteiger partial charge >= 0.3 is 0 Å². The molecule has 0 atom stereocenters. The summed E-state index contributed by atoms with van der Waals surface area (Å²) in [5, 5.41) is 0. The average molecular weight is 300 g/mol. The number of hydrogen-bond acceptors (Lipinski definition) is 4. The highest BCUT2D eigenvalue weighted by atomic mass is 32.2. The Hall–Kier alpha value is -1.11. The van der Waals surface area contributed by atoms with Gasteiger partial charge in [0.05, 0.1) is 4.90 Å². The molecule has 3 N–H and O–H groups in total. The van der Waals surface area contributed by atoms with Crippen LogP contribution in [0.15, 0.2) is 23.1 Å². The van der Waals surface area contributed by atoms with Crippen molar-refractivity contribution in [2.24, 2.45) is 5.92 Å². The standard InChI is InChI=1S/C14H24N2O3S/c1-11(2)10-19-9-5-8-16-20(17,18)14-7-4-6-13(15)12(14)3/h4,6-7,11,16H,5,8-10,15H2,1-3H3. The summed E-state index contributed by atoms with van der Waals surface area (Å²) in [6.07, 6.45) is 0.646. The molecule has 0 radical (unpaired) electrons. The third-order valence-electron chi connectivity index (χ3n) is 2.82. The topological polar surface area (TPSA) is 81.4 Å². The zero-order valence-corrected chi connectivity index (χ0v) is 13.2. The molecule has 114 valence electrons. The second-order valence-corrected chi connectivity index (χ2v) is 6.93. The van der Waals surface area contributed by atoms with Crippen molar-refractivity contribution in [2.45, 2.75) is 32.1 Å². The number of nitrogens with one attached hydrogen (secondary N) is 1. The molecule has 0 unspecified atom stereocenters. The lowest BCUT2D eigenvalue weighted by atomic mass is 10.2. The van der Waals surface area contributed by atoms with E-state index in [1.165, 1.54) is 0 Å². The van der Waals surface area contributed by atoms with Crippen LogP contribution in [-0.2, 0) is 14.8 Å². The summed E-state index contributed by atoms with van der Waals surface area (Å²) < 4.78 is 32.2. The van der Waals surface area contributed by atoms with Gasteiger partial charge in [0.15, 0.2) is 0 Å². The zero-order valence-electron chi connectivity index (χ0n) is 12.3. The van der Waals surface area contributed by atoms with Crippen molar-refractivity contribution in [2.75, 3.05) is 25.5 Å². The van der Waals surface area contributed by atoms with Gasteiger partial charge in [-0.05, 0) is 37.0 Å². The summed E-state index contributed by atoms with van der Waals surface area (Å²) >= 11 is 0. The SMILES string of the molecule is Cc1c(N)cccc1S(=O)(=O)NCCCOCC(C)C. The number of sulfonamides is 1. The van der Waals surface area contributed by atoms with Gasteiger partial charge in [0.1, 0.15) is 0 Å². The van der Waals surface area contributed by atoms with E-state index in [1.54, 1.807) is 25.1 Å². The molecule has 6 heteroatoms. The van der Waals surface area contributed by atoms with E-state index in [4.69, 9.17) is 10.5 Å². The van der Waals surface area contributed by atoms with Crippen LogP contribution in [0.4, 0.5) is 5.69 Å². The average Bonchev–Trinajstić information content (AvgIpc) is 2.36. The molecular formula is C14H24N2O3S. The van der Waals surface area contributed by atoms with Crippen LogP contribution in [0.25, 0.3) is 0 Å². The van der Waals surface area contributed by atoms with Crippen LogP contribution in [-0.4, -0.2) is 28.2 Å². The molecule has 5 nitrogen and oxygen atoms in total. The fourth-order valence-corrected chi connectivity index (χ4v) is 3.05. The summed E-state index contributed by atoms with van der Waals surface area (Å²) in [7, 11) is -3.50. The lowest BCUT2D eigenvalue weighted by Crippen LogP contribution is -2.26. The van der Waals surface area contributed by atoms with E-state index in [-0.39, 0.29) is 4.90 Å². The first-order chi connectivity index (χ1) is 9.34. The normalized spacial score (nSPS) is 12.0. The van der Waals surface area contributed by atoms with Gasteiger partial charge in [-0.2, -0.15) is 0 Å². The van der Waals surface area contributed by atoms with E-state index in [0.717, 1.165) is 0 Å².